The Balaban J connectivity index is 3.01. The van der Waals surface area contributed by atoms with Crippen LogP contribution < -0.4 is 5.73 Å². The number of nitrogens with two attached hydrogens (primary N) is 1. The average molecular weight is 293 g/mol. The molecule has 0 saturated heterocycles. The zero-order chi connectivity index (χ0) is 15.3. The van der Waals surface area contributed by atoms with Crippen molar-refractivity contribution in [2.75, 3.05) is 13.1 Å². The molecule has 0 aliphatic carbocycles. The third-order valence-corrected chi connectivity index (χ3v) is 2.70. The van der Waals surface area contributed by atoms with Gasteiger partial charge in [-0.05, 0) is 24.2 Å². The van der Waals surface area contributed by atoms with Crippen LogP contribution in [0.5, 0.6) is 0 Å². The molecule has 4 nitrogen and oxygen atoms in total. The summed E-state index contributed by atoms with van der Waals surface area (Å²) in [5, 5.41) is 11.4. The van der Waals surface area contributed by atoms with Crippen LogP contribution in [0.3, 0.4) is 0 Å². The van der Waals surface area contributed by atoms with Gasteiger partial charge in [0, 0.05) is 12.1 Å². The van der Waals surface area contributed by atoms with Gasteiger partial charge in [-0.15, -0.1) is 0 Å². The van der Waals surface area contributed by atoms with Crippen molar-refractivity contribution in [1.29, 1.82) is 0 Å². The molecule has 0 saturated carbocycles. The monoisotopic (exact) mass is 293 g/mol. The third kappa shape index (κ3) is 4.69. The maximum absolute atomic E-state index is 13.1. The fourth-order valence-electron chi connectivity index (χ4n) is 1.75. The molecule has 0 radical (unpaired) electrons. The summed E-state index contributed by atoms with van der Waals surface area (Å²) in [5.74, 6) is -0.961. The van der Waals surface area contributed by atoms with Gasteiger partial charge in [-0.2, -0.15) is 13.2 Å². The molecule has 0 atom stereocenters. The number of halogens is 4. The van der Waals surface area contributed by atoms with Crippen molar-refractivity contribution in [3.05, 3.63) is 35.1 Å². The molecule has 112 valence electrons. The Bertz CT molecular complexity index is 488. The highest BCUT2D eigenvalue weighted by atomic mass is 19.4. The van der Waals surface area contributed by atoms with E-state index in [1.54, 1.807) is 6.92 Å². The predicted octanol–water partition coefficient (Wildman–Crippen LogP) is 2.30. The second-order valence-electron chi connectivity index (χ2n) is 4.21. The number of benzene rings is 1. The number of alkyl halides is 3. The standard InChI is InChI=1S/C12H15F4N3O/c1-2-19(7-12(14,15)16)6-8-3-4-9(13)5-10(8)11(17)18-20/h3-5,20H,2,6-7H2,1H3,(H2,17,18). The minimum absolute atomic E-state index is 0.0770. The van der Waals surface area contributed by atoms with E-state index >= 15 is 0 Å². The molecule has 1 aromatic rings. The van der Waals surface area contributed by atoms with Crippen molar-refractivity contribution in [2.45, 2.75) is 19.6 Å². The molecule has 0 heterocycles. The highest BCUT2D eigenvalue weighted by molar-refractivity contribution is 5.98. The second kappa shape index (κ2) is 6.56. The molecule has 0 aliphatic heterocycles. The first-order valence-corrected chi connectivity index (χ1v) is 5.82. The Kier molecular flexibility index (Phi) is 5.32. The van der Waals surface area contributed by atoms with E-state index in [0.29, 0.717) is 5.56 Å². The highest BCUT2D eigenvalue weighted by Crippen LogP contribution is 2.19. The van der Waals surface area contributed by atoms with Gasteiger partial charge in [0.15, 0.2) is 5.84 Å². The van der Waals surface area contributed by atoms with Gasteiger partial charge < -0.3 is 10.9 Å². The molecule has 8 heteroatoms. The molecular formula is C12H15F4N3O. The van der Waals surface area contributed by atoms with Gasteiger partial charge >= 0.3 is 6.18 Å². The smallest absolute Gasteiger partial charge is 0.401 e. The van der Waals surface area contributed by atoms with Crippen LogP contribution in [0.4, 0.5) is 17.6 Å². The lowest BCUT2D eigenvalue weighted by atomic mass is 10.1. The van der Waals surface area contributed by atoms with Gasteiger partial charge in [0.05, 0.1) is 6.54 Å². The van der Waals surface area contributed by atoms with E-state index in [-0.39, 0.29) is 24.5 Å². The van der Waals surface area contributed by atoms with Gasteiger partial charge in [-0.1, -0.05) is 18.1 Å². The summed E-state index contributed by atoms with van der Waals surface area (Å²) in [7, 11) is 0. The van der Waals surface area contributed by atoms with E-state index in [9.17, 15) is 17.6 Å². The van der Waals surface area contributed by atoms with Gasteiger partial charge in [0.2, 0.25) is 0 Å². The first-order valence-electron chi connectivity index (χ1n) is 5.82. The van der Waals surface area contributed by atoms with Gasteiger partial charge in [-0.25, -0.2) is 4.39 Å². The van der Waals surface area contributed by atoms with Crippen molar-refractivity contribution >= 4 is 5.84 Å². The molecule has 0 fully saturated rings. The Labute approximate surface area is 113 Å². The summed E-state index contributed by atoms with van der Waals surface area (Å²) in [4.78, 5) is 1.13. The molecule has 3 N–H and O–H groups in total. The lowest BCUT2D eigenvalue weighted by molar-refractivity contribution is -0.146. The third-order valence-electron chi connectivity index (χ3n) is 2.70. The van der Waals surface area contributed by atoms with Gasteiger partial charge in [0.25, 0.3) is 0 Å². The van der Waals surface area contributed by atoms with Crippen molar-refractivity contribution < 1.29 is 22.8 Å². The van der Waals surface area contributed by atoms with E-state index in [4.69, 9.17) is 10.9 Å². The normalized spacial score (nSPS) is 13.0. The zero-order valence-corrected chi connectivity index (χ0v) is 10.8. The molecule has 0 aromatic heterocycles. The molecule has 20 heavy (non-hydrogen) atoms. The Morgan fingerprint density at radius 1 is 1.40 bits per heavy atom. The van der Waals surface area contributed by atoms with E-state index in [2.05, 4.69) is 5.16 Å². The second-order valence-corrected chi connectivity index (χ2v) is 4.21. The molecule has 1 aromatic carbocycles. The van der Waals surface area contributed by atoms with Crippen molar-refractivity contribution in [2.24, 2.45) is 10.9 Å². The maximum Gasteiger partial charge on any atom is 0.401 e. The fourth-order valence-corrected chi connectivity index (χ4v) is 1.75. The minimum Gasteiger partial charge on any atom is -0.409 e. The van der Waals surface area contributed by atoms with Crippen molar-refractivity contribution in [1.82, 2.24) is 4.90 Å². The topological polar surface area (TPSA) is 61.8 Å². The summed E-state index contributed by atoms with van der Waals surface area (Å²) in [5.41, 5.74) is 5.83. The molecule has 0 bridgehead atoms. The minimum atomic E-state index is -4.33. The zero-order valence-electron chi connectivity index (χ0n) is 10.8. The summed E-state index contributed by atoms with van der Waals surface area (Å²) in [6, 6.07) is 3.46. The largest absolute Gasteiger partial charge is 0.409 e. The Hall–Kier alpha value is -1.83. The summed E-state index contributed by atoms with van der Waals surface area (Å²) in [6.07, 6.45) is -4.33. The molecule has 0 aliphatic rings. The van der Waals surface area contributed by atoms with Crippen molar-refractivity contribution in [3.8, 4) is 0 Å². The summed E-state index contributed by atoms with van der Waals surface area (Å²) in [6.45, 7) is 0.573. The number of rotatable bonds is 5. The number of nitrogens with zero attached hydrogens (tertiary/aromatic N) is 2. The highest BCUT2D eigenvalue weighted by Gasteiger charge is 2.30. The lowest BCUT2D eigenvalue weighted by Gasteiger charge is -2.23. The quantitative estimate of drug-likeness (QED) is 0.288. The van der Waals surface area contributed by atoms with Gasteiger partial charge in [-0.3, -0.25) is 4.90 Å². The number of oxime groups is 1. The SMILES string of the molecule is CCN(Cc1ccc(F)cc1C(N)=NO)CC(F)(F)F. The molecule has 0 amide bonds. The molecule has 0 spiro atoms. The van der Waals surface area contributed by atoms with Gasteiger partial charge in [0.1, 0.15) is 5.82 Å². The van der Waals surface area contributed by atoms with Crippen LogP contribution in [-0.2, 0) is 6.54 Å². The summed E-state index contributed by atoms with van der Waals surface area (Å²) >= 11 is 0. The van der Waals surface area contributed by atoms with Crippen LogP contribution in [0, 0.1) is 5.82 Å². The predicted molar refractivity (Wildman–Crippen MR) is 65.9 cm³/mol. The number of hydrogen-bond acceptors (Lipinski definition) is 3. The molecule has 0 unspecified atom stereocenters. The summed E-state index contributed by atoms with van der Waals surface area (Å²) < 4.78 is 50.3. The first-order chi connectivity index (χ1) is 9.26. The Morgan fingerprint density at radius 3 is 2.55 bits per heavy atom. The van der Waals surface area contributed by atoms with Crippen LogP contribution in [0.15, 0.2) is 23.4 Å². The van der Waals surface area contributed by atoms with E-state index in [1.165, 1.54) is 6.07 Å². The van der Waals surface area contributed by atoms with Crippen LogP contribution in [0.25, 0.3) is 0 Å². The maximum atomic E-state index is 13.1. The van der Waals surface area contributed by atoms with E-state index in [0.717, 1.165) is 17.0 Å². The van der Waals surface area contributed by atoms with E-state index in [1.807, 2.05) is 0 Å². The first kappa shape index (κ1) is 16.2. The number of amidine groups is 1. The van der Waals surface area contributed by atoms with Crippen LogP contribution in [0.2, 0.25) is 0 Å². The Morgan fingerprint density at radius 2 is 2.05 bits per heavy atom. The van der Waals surface area contributed by atoms with Crippen LogP contribution in [-0.4, -0.2) is 35.2 Å². The van der Waals surface area contributed by atoms with Crippen LogP contribution >= 0.6 is 0 Å². The number of hydrogen-bond donors (Lipinski definition) is 2. The van der Waals surface area contributed by atoms with E-state index < -0.39 is 18.5 Å². The fraction of sp³-hybridized carbons (Fsp3) is 0.417. The van der Waals surface area contributed by atoms with Crippen LogP contribution in [0.1, 0.15) is 18.1 Å². The van der Waals surface area contributed by atoms with Crippen molar-refractivity contribution in [3.63, 3.8) is 0 Å². The molecule has 1 rings (SSSR count). The molecular weight excluding hydrogens is 278 g/mol. The average Bonchev–Trinajstić information content (AvgIpc) is 2.37. The lowest BCUT2D eigenvalue weighted by Crippen LogP contribution is -2.34.